The average molecular weight is 367 g/mol. The highest BCUT2D eigenvalue weighted by Gasteiger charge is 2.36. The molecule has 0 unspecified atom stereocenters. The highest BCUT2D eigenvalue weighted by atomic mass is 19.3. The normalized spacial score (nSPS) is 11.1. The molecule has 27 heavy (non-hydrogen) atoms. The summed E-state index contributed by atoms with van der Waals surface area (Å²) in [4.78, 5) is 7.93. The Hall–Kier alpha value is -3.37. The number of ether oxygens (including phenoxy) is 1. The van der Waals surface area contributed by atoms with Gasteiger partial charge in [0.05, 0.1) is 31.0 Å². The first kappa shape index (κ1) is 18.4. The van der Waals surface area contributed by atoms with E-state index in [4.69, 9.17) is 15.1 Å². The fourth-order valence-corrected chi connectivity index (χ4v) is 2.58. The van der Waals surface area contributed by atoms with Crippen LogP contribution in [0.2, 0.25) is 0 Å². The van der Waals surface area contributed by atoms with Crippen molar-refractivity contribution in [1.82, 2.24) is 9.97 Å². The lowest BCUT2D eigenvalue weighted by molar-refractivity contribution is 0.0376. The van der Waals surface area contributed by atoms with Crippen molar-refractivity contribution < 1.29 is 18.6 Å². The maximum Gasteiger partial charge on any atom is 0.316 e. The van der Waals surface area contributed by atoms with Crippen LogP contribution in [0, 0.1) is 11.3 Å². The van der Waals surface area contributed by atoms with Crippen molar-refractivity contribution >= 4 is 0 Å². The van der Waals surface area contributed by atoms with Gasteiger partial charge in [-0.1, -0.05) is 12.1 Å². The third kappa shape index (κ3) is 3.61. The molecule has 2 heterocycles. The van der Waals surface area contributed by atoms with Crippen LogP contribution >= 0.6 is 0 Å². The van der Waals surface area contributed by atoms with Crippen LogP contribution in [0.15, 0.2) is 54.7 Å². The molecule has 136 valence electrons. The van der Waals surface area contributed by atoms with Crippen molar-refractivity contribution in [1.29, 1.82) is 5.26 Å². The van der Waals surface area contributed by atoms with E-state index in [0.717, 1.165) is 6.20 Å². The summed E-state index contributed by atoms with van der Waals surface area (Å²) in [5.74, 6) is -3.08. The number of pyridine rings is 2. The van der Waals surface area contributed by atoms with Crippen LogP contribution in [0.25, 0.3) is 11.3 Å². The minimum absolute atomic E-state index is 0.215. The molecule has 2 aromatic heterocycles. The Morgan fingerprint density at radius 2 is 2.00 bits per heavy atom. The highest BCUT2D eigenvalue weighted by Crippen LogP contribution is 2.37. The molecule has 0 amide bonds. The van der Waals surface area contributed by atoms with Gasteiger partial charge in [-0.15, -0.1) is 0 Å². The Morgan fingerprint density at radius 3 is 2.63 bits per heavy atom. The summed E-state index contributed by atoms with van der Waals surface area (Å²) in [6.45, 7) is -0.327. The number of aliphatic hydroxyl groups excluding tert-OH is 1. The van der Waals surface area contributed by atoms with E-state index in [2.05, 4.69) is 9.97 Å². The van der Waals surface area contributed by atoms with E-state index in [-0.39, 0.29) is 17.9 Å². The van der Waals surface area contributed by atoms with Crippen molar-refractivity contribution in [2.24, 2.45) is 0 Å². The lowest BCUT2D eigenvalue weighted by Gasteiger charge is -2.18. The first-order valence-corrected chi connectivity index (χ1v) is 7.99. The SMILES string of the molecule is COc1ccc(C(F)(F)c2ccc(CO)nc2)nc1-c1cccc(C#N)c1. The standard InChI is InChI=1S/C20H15F2N3O2/c1-27-17-7-8-18(20(21,22)15-5-6-16(12-26)24-11-15)25-19(17)14-4-2-3-13(9-14)10-23/h2-9,11,26H,12H2,1H3. The number of alkyl halides is 2. The van der Waals surface area contributed by atoms with Crippen molar-refractivity contribution in [2.45, 2.75) is 12.5 Å². The molecule has 1 N–H and O–H groups in total. The van der Waals surface area contributed by atoms with Gasteiger partial charge in [-0.2, -0.15) is 14.0 Å². The molecule has 0 saturated carbocycles. The van der Waals surface area contributed by atoms with Crippen molar-refractivity contribution in [3.05, 3.63) is 77.2 Å². The average Bonchev–Trinajstić information content (AvgIpc) is 2.73. The van der Waals surface area contributed by atoms with Gasteiger partial charge in [-0.25, -0.2) is 4.98 Å². The topological polar surface area (TPSA) is 79.0 Å². The smallest absolute Gasteiger partial charge is 0.316 e. The van der Waals surface area contributed by atoms with Gasteiger partial charge in [0.25, 0.3) is 0 Å². The van der Waals surface area contributed by atoms with Gasteiger partial charge in [-0.3, -0.25) is 4.98 Å². The predicted octanol–water partition coefficient (Wildman–Crippen LogP) is 3.66. The van der Waals surface area contributed by atoms with Crippen LogP contribution in [0.5, 0.6) is 5.75 Å². The van der Waals surface area contributed by atoms with Gasteiger partial charge in [0.2, 0.25) is 0 Å². The molecule has 3 aromatic rings. The maximum atomic E-state index is 14.9. The molecule has 0 aliphatic heterocycles. The zero-order valence-electron chi connectivity index (χ0n) is 14.4. The van der Waals surface area contributed by atoms with Gasteiger partial charge < -0.3 is 9.84 Å². The summed E-state index contributed by atoms with van der Waals surface area (Å²) < 4.78 is 35.1. The zero-order chi connectivity index (χ0) is 19.4. The van der Waals surface area contributed by atoms with E-state index < -0.39 is 11.6 Å². The fourth-order valence-electron chi connectivity index (χ4n) is 2.58. The first-order valence-electron chi connectivity index (χ1n) is 7.99. The summed E-state index contributed by atoms with van der Waals surface area (Å²) >= 11 is 0. The van der Waals surface area contributed by atoms with E-state index in [0.29, 0.717) is 22.6 Å². The fraction of sp³-hybridized carbons (Fsp3) is 0.150. The number of benzene rings is 1. The number of hydrogen-bond donors (Lipinski definition) is 1. The van der Waals surface area contributed by atoms with Gasteiger partial charge in [0, 0.05) is 17.3 Å². The summed E-state index contributed by atoms with van der Waals surface area (Å²) in [7, 11) is 1.42. The number of hydrogen-bond acceptors (Lipinski definition) is 5. The van der Waals surface area contributed by atoms with E-state index >= 15 is 0 Å². The Balaban J connectivity index is 2.09. The Kier molecular flexibility index (Phi) is 5.10. The number of nitrogens with zero attached hydrogens (tertiary/aromatic N) is 3. The Morgan fingerprint density at radius 1 is 1.19 bits per heavy atom. The largest absolute Gasteiger partial charge is 0.494 e. The van der Waals surface area contributed by atoms with Crippen molar-refractivity contribution in [2.75, 3.05) is 7.11 Å². The van der Waals surface area contributed by atoms with Gasteiger partial charge in [-0.05, 0) is 36.4 Å². The van der Waals surface area contributed by atoms with Crippen molar-refractivity contribution in [3.8, 4) is 23.1 Å². The molecule has 0 bridgehead atoms. The van der Waals surface area contributed by atoms with Crippen LogP contribution in [0.1, 0.15) is 22.5 Å². The predicted molar refractivity (Wildman–Crippen MR) is 94.1 cm³/mol. The number of methoxy groups -OCH3 is 1. The molecular weight excluding hydrogens is 352 g/mol. The van der Waals surface area contributed by atoms with Crippen molar-refractivity contribution in [3.63, 3.8) is 0 Å². The van der Waals surface area contributed by atoms with Gasteiger partial charge in [0.1, 0.15) is 17.1 Å². The van der Waals surface area contributed by atoms with Gasteiger partial charge in [0.15, 0.2) is 0 Å². The minimum atomic E-state index is -3.39. The lowest BCUT2D eigenvalue weighted by atomic mass is 10.0. The zero-order valence-corrected chi connectivity index (χ0v) is 14.4. The molecule has 0 aliphatic rings. The second-order valence-corrected chi connectivity index (χ2v) is 5.71. The number of aliphatic hydroxyl groups is 1. The molecule has 0 radical (unpaired) electrons. The Labute approximate surface area is 154 Å². The summed E-state index contributed by atoms with van der Waals surface area (Å²) in [6, 6.07) is 13.7. The number of aromatic nitrogens is 2. The monoisotopic (exact) mass is 367 g/mol. The molecule has 7 heteroatoms. The molecular formula is C20H15F2N3O2. The second kappa shape index (κ2) is 7.48. The number of halogens is 2. The molecule has 3 rings (SSSR count). The molecule has 5 nitrogen and oxygen atoms in total. The molecule has 0 saturated heterocycles. The van der Waals surface area contributed by atoms with Gasteiger partial charge >= 0.3 is 5.92 Å². The van der Waals surface area contributed by atoms with Crippen LogP contribution in [0.3, 0.4) is 0 Å². The molecule has 0 spiro atoms. The van der Waals surface area contributed by atoms with E-state index in [1.54, 1.807) is 24.3 Å². The second-order valence-electron chi connectivity index (χ2n) is 5.71. The third-order valence-electron chi connectivity index (χ3n) is 4.01. The number of rotatable bonds is 5. The number of nitriles is 1. The first-order chi connectivity index (χ1) is 13.0. The van der Waals surface area contributed by atoms with E-state index in [1.165, 1.54) is 31.4 Å². The van der Waals surface area contributed by atoms with Crippen LogP contribution in [0.4, 0.5) is 8.78 Å². The molecule has 1 aromatic carbocycles. The summed E-state index contributed by atoms with van der Waals surface area (Å²) in [5.41, 5.74) is 0.584. The lowest BCUT2D eigenvalue weighted by Crippen LogP contribution is -2.18. The Bertz CT molecular complexity index is 999. The quantitative estimate of drug-likeness (QED) is 0.745. The van der Waals surface area contributed by atoms with Crippen LogP contribution in [-0.4, -0.2) is 22.2 Å². The highest BCUT2D eigenvalue weighted by molar-refractivity contribution is 5.68. The van der Waals surface area contributed by atoms with E-state index in [9.17, 15) is 8.78 Å². The summed E-state index contributed by atoms with van der Waals surface area (Å²) in [5, 5.41) is 18.1. The van der Waals surface area contributed by atoms with Crippen LogP contribution in [-0.2, 0) is 12.5 Å². The maximum absolute atomic E-state index is 14.9. The summed E-state index contributed by atoms with van der Waals surface area (Å²) in [6.07, 6.45) is 1.02. The van der Waals surface area contributed by atoms with E-state index in [1.807, 2.05) is 6.07 Å². The van der Waals surface area contributed by atoms with Crippen LogP contribution < -0.4 is 4.74 Å². The third-order valence-corrected chi connectivity index (χ3v) is 4.01. The molecule has 0 fully saturated rings. The molecule has 0 atom stereocenters. The minimum Gasteiger partial charge on any atom is -0.494 e. The molecule has 0 aliphatic carbocycles.